The molecule has 3 aromatic rings. The minimum atomic E-state index is -1.14. The first-order valence-electron chi connectivity index (χ1n) is 11.8. The number of hydrogen-bond donors (Lipinski definition) is 3. The minimum absolute atomic E-state index is 0.268. The first kappa shape index (κ1) is 24.7. The number of fused-ring (bicyclic) bond motifs is 1. The van der Waals surface area contributed by atoms with E-state index in [0.29, 0.717) is 55.1 Å². The summed E-state index contributed by atoms with van der Waals surface area (Å²) in [5, 5.41) is 21.2. The molecule has 1 fully saturated rings. The number of benzene rings is 1. The minimum Gasteiger partial charge on any atom is -0.494 e. The highest BCUT2D eigenvalue weighted by molar-refractivity contribution is 6.05. The molecule has 1 aliphatic carbocycles. The van der Waals surface area contributed by atoms with Gasteiger partial charge in [-0.1, -0.05) is 0 Å². The standard InChI is InChI=1S/C26H24F3N5O3/c1-37-20-9-6-15(27)21(22(20)29)24-16(28)5-7-17(32-24)26(36)33-18-11-31-23-14(4-8-19(23)35)25(18)34-10-2-3-13(30)12-34/h5-7,9,11,19,30,35H,2-4,8,10,12H2,1H3,(H,33,36). The van der Waals surface area contributed by atoms with Gasteiger partial charge in [0.2, 0.25) is 0 Å². The molecule has 1 unspecified atom stereocenters. The predicted octanol–water partition coefficient (Wildman–Crippen LogP) is 4.42. The normalized spacial score (nSPS) is 17.1. The number of hydrogen-bond acceptors (Lipinski definition) is 7. The third-order valence-corrected chi connectivity index (χ3v) is 6.61. The van der Waals surface area contributed by atoms with Crippen LogP contribution in [0.15, 0.2) is 30.5 Å². The van der Waals surface area contributed by atoms with Crippen molar-refractivity contribution in [1.29, 1.82) is 5.41 Å². The molecule has 3 N–H and O–H groups in total. The van der Waals surface area contributed by atoms with E-state index in [9.17, 15) is 23.1 Å². The Morgan fingerprint density at radius 3 is 2.73 bits per heavy atom. The van der Waals surface area contributed by atoms with E-state index in [-0.39, 0.29) is 11.4 Å². The molecule has 1 saturated heterocycles. The van der Waals surface area contributed by atoms with Gasteiger partial charge in [0, 0.05) is 17.8 Å². The maximum atomic E-state index is 14.8. The van der Waals surface area contributed by atoms with Crippen LogP contribution in [-0.2, 0) is 6.42 Å². The number of rotatable bonds is 5. The van der Waals surface area contributed by atoms with E-state index < -0.39 is 40.7 Å². The number of aliphatic hydroxyl groups excluding tert-OH is 1. The van der Waals surface area contributed by atoms with Crippen molar-refractivity contribution in [3.8, 4) is 17.0 Å². The lowest BCUT2D eigenvalue weighted by Gasteiger charge is -2.32. The van der Waals surface area contributed by atoms with E-state index in [1.165, 1.54) is 13.3 Å². The molecule has 5 rings (SSSR count). The fourth-order valence-electron chi connectivity index (χ4n) is 4.86. The molecule has 37 heavy (non-hydrogen) atoms. The van der Waals surface area contributed by atoms with Crippen LogP contribution in [0.2, 0.25) is 0 Å². The largest absolute Gasteiger partial charge is 0.494 e. The molecular formula is C26H24F3N5O3. The van der Waals surface area contributed by atoms with Gasteiger partial charge in [0.05, 0.1) is 48.6 Å². The fourth-order valence-corrected chi connectivity index (χ4v) is 4.86. The van der Waals surface area contributed by atoms with Crippen LogP contribution in [0, 0.1) is 22.9 Å². The van der Waals surface area contributed by atoms with Crippen molar-refractivity contribution in [2.45, 2.75) is 31.8 Å². The third-order valence-electron chi connectivity index (χ3n) is 6.61. The van der Waals surface area contributed by atoms with E-state index in [0.717, 1.165) is 36.2 Å². The molecule has 3 heterocycles. The van der Waals surface area contributed by atoms with Crippen molar-refractivity contribution >= 4 is 23.0 Å². The Labute approximate surface area is 210 Å². The van der Waals surface area contributed by atoms with Gasteiger partial charge in [-0.3, -0.25) is 9.78 Å². The predicted molar refractivity (Wildman–Crippen MR) is 131 cm³/mol. The first-order valence-corrected chi connectivity index (χ1v) is 11.8. The average Bonchev–Trinajstić information content (AvgIpc) is 3.25. The van der Waals surface area contributed by atoms with Crippen molar-refractivity contribution in [2.24, 2.45) is 0 Å². The number of piperidine rings is 1. The van der Waals surface area contributed by atoms with Gasteiger partial charge in [0.25, 0.3) is 5.91 Å². The van der Waals surface area contributed by atoms with Crippen molar-refractivity contribution in [3.63, 3.8) is 0 Å². The molecule has 8 nitrogen and oxygen atoms in total. The Balaban J connectivity index is 1.52. The van der Waals surface area contributed by atoms with Gasteiger partial charge in [-0.2, -0.15) is 0 Å². The summed E-state index contributed by atoms with van der Waals surface area (Å²) in [6, 6.07) is 4.03. The quantitative estimate of drug-likeness (QED) is 0.468. The number of nitrogens with zero attached hydrogens (tertiary/aromatic N) is 3. The summed E-state index contributed by atoms with van der Waals surface area (Å²) in [4.78, 5) is 23.5. The zero-order valence-electron chi connectivity index (χ0n) is 19.9. The van der Waals surface area contributed by atoms with Crippen molar-refractivity contribution in [2.75, 3.05) is 30.4 Å². The highest BCUT2D eigenvalue weighted by atomic mass is 19.1. The van der Waals surface area contributed by atoms with Crippen LogP contribution in [0.25, 0.3) is 11.3 Å². The summed E-state index contributed by atoms with van der Waals surface area (Å²) in [7, 11) is 1.19. The van der Waals surface area contributed by atoms with Crippen LogP contribution in [0.1, 0.15) is 47.1 Å². The summed E-state index contributed by atoms with van der Waals surface area (Å²) < 4.78 is 48.8. The van der Waals surface area contributed by atoms with Crippen LogP contribution >= 0.6 is 0 Å². The summed E-state index contributed by atoms with van der Waals surface area (Å²) in [5.41, 5.74) is 1.24. The maximum Gasteiger partial charge on any atom is 0.274 e. The summed E-state index contributed by atoms with van der Waals surface area (Å²) >= 11 is 0. The average molecular weight is 512 g/mol. The summed E-state index contributed by atoms with van der Waals surface area (Å²) in [6.45, 7) is 1.04. The Kier molecular flexibility index (Phi) is 6.55. The third kappa shape index (κ3) is 4.50. The van der Waals surface area contributed by atoms with Gasteiger partial charge in [-0.25, -0.2) is 18.2 Å². The molecular weight excluding hydrogens is 487 g/mol. The second kappa shape index (κ2) is 9.81. The number of halogens is 3. The number of amides is 1. The van der Waals surface area contributed by atoms with Crippen molar-refractivity contribution in [1.82, 2.24) is 9.97 Å². The second-order valence-electron chi connectivity index (χ2n) is 8.99. The Morgan fingerprint density at radius 1 is 1.19 bits per heavy atom. The van der Waals surface area contributed by atoms with Gasteiger partial charge in [0.1, 0.15) is 23.0 Å². The molecule has 0 spiro atoms. The monoisotopic (exact) mass is 511 g/mol. The van der Waals surface area contributed by atoms with Crippen LogP contribution in [-0.4, -0.2) is 46.9 Å². The van der Waals surface area contributed by atoms with Gasteiger partial charge in [0.15, 0.2) is 11.6 Å². The van der Waals surface area contributed by atoms with Crippen LogP contribution in [0.4, 0.5) is 24.5 Å². The van der Waals surface area contributed by atoms with E-state index >= 15 is 0 Å². The van der Waals surface area contributed by atoms with Gasteiger partial charge in [-0.05, 0) is 49.9 Å². The molecule has 1 aliphatic heterocycles. The Hall–Kier alpha value is -3.99. The summed E-state index contributed by atoms with van der Waals surface area (Å²) in [5.74, 6) is -4.24. The van der Waals surface area contributed by atoms with Crippen LogP contribution < -0.4 is 15.0 Å². The maximum absolute atomic E-state index is 14.8. The van der Waals surface area contributed by atoms with Crippen LogP contribution in [0.5, 0.6) is 5.75 Å². The van der Waals surface area contributed by atoms with Crippen LogP contribution in [0.3, 0.4) is 0 Å². The lowest BCUT2D eigenvalue weighted by molar-refractivity contribution is 0.102. The van der Waals surface area contributed by atoms with Crippen molar-refractivity contribution < 1.29 is 27.8 Å². The molecule has 0 radical (unpaired) electrons. The lowest BCUT2D eigenvalue weighted by Crippen LogP contribution is -2.36. The van der Waals surface area contributed by atoms with E-state index in [1.807, 2.05) is 4.90 Å². The molecule has 0 saturated carbocycles. The number of nitrogens with one attached hydrogen (secondary N) is 2. The SMILES string of the molecule is COc1ccc(F)c(-c2nc(C(=O)Nc3cnc4c(c3N3CCCC(=N)C3)CCC4O)ccc2F)c1F. The number of aliphatic hydroxyl groups is 1. The molecule has 192 valence electrons. The lowest BCUT2D eigenvalue weighted by atomic mass is 10.0. The number of aromatic nitrogens is 2. The number of pyridine rings is 2. The highest BCUT2D eigenvalue weighted by Crippen LogP contribution is 2.41. The number of carbonyl (C=O) groups is 1. The van der Waals surface area contributed by atoms with Gasteiger partial charge < -0.3 is 25.5 Å². The molecule has 2 aromatic heterocycles. The topological polar surface area (TPSA) is 111 Å². The molecule has 1 amide bonds. The van der Waals surface area contributed by atoms with E-state index in [2.05, 4.69) is 15.3 Å². The van der Waals surface area contributed by atoms with E-state index in [4.69, 9.17) is 10.1 Å². The molecule has 2 aliphatic rings. The zero-order chi connectivity index (χ0) is 26.3. The smallest absolute Gasteiger partial charge is 0.274 e. The number of anilines is 2. The molecule has 11 heteroatoms. The number of methoxy groups -OCH3 is 1. The molecule has 1 atom stereocenters. The number of carbonyl (C=O) groups excluding carboxylic acids is 1. The second-order valence-corrected chi connectivity index (χ2v) is 8.99. The van der Waals surface area contributed by atoms with E-state index in [1.54, 1.807) is 0 Å². The molecule has 0 bridgehead atoms. The first-order chi connectivity index (χ1) is 17.8. The van der Waals surface area contributed by atoms with Gasteiger partial charge >= 0.3 is 0 Å². The Morgan fingerprint density at radius 2 is 1.97 bits per heavy atom. The van der Waals surface area contributed by atoms with Gasteiger partial charge in [-0.15, -0.1) is 0 Å². The fraction of sp³-hybridized carbons (Fsp3) is 0.308. The van der Waals surface area contributed by atoms with Crippen molar-refractivity contribution in [3.05, 3.63) is 64.9 Å². The Bertz CT molecular complexity index is 1410. The highest BCUT2D eigenvalue weighted by Gasteiger charge is 2.31. The number of ether oxygens (including phenoxy) is 1. The molecule has 1 aromatic carbocycles. The summed E-state index contributed by atoms with van der Waals surface area (Å²) in [6.07, 6.45) is 3.24. The zero-order valence-corrected chi connectivity index (χ0v) is 19.9.